The molecule has 0 bridgehead atoms. The predicted octanol–water partition coefficient (Wildman–Crippen LogP) is 3.01. The zero-order valence-electron chi connectivity index (χ0n) is 11.6. The Labute approximate surface area is 127 Å². The summed E-state index contributed by atoms with van der Waals surface area (Å²) in [5.74, 6) is 7.73. The van der Waals surface area contributed by atoms with Crippen LogP contribution in [0.4, 0.5) is 11.6 Å². The lowest BCUT2D eigenvalue weighted by atomic mass is 10.2. The molecule has 0 aliphatic rings. The largest absolute Gasteiger partial charge is 0.366 e. The molecule has 0 aliphatic heterocycles. The summed E-state index contributed by atoms with van der Waals surface area (Å²) in [7, 11) is 0. The number of anilines is 2. The third-order valence-electron chi connectivity index (χ3n) is 3.02. The van der Waals surface area contributed by atoms with Gasteiger partial charge in [-0.1, -0.05) is 35.0 Å². The van der Waals surface area contributed by atoms with E-state index < -0.39 is 0 Å². The van der Waals surface area contributed by atoms with Crippen molar-refractivity contribution >= 4 is 27.6 Å². The van der Waals surface area contributed by atoms with E-state index in [0.29, 0.717) is 12.4 Å². The number of hydrogen-bond donors (Lipinski definition) is 3. The molecule has 5 nitrogen and oxygen atoms in total. The number of nitrogens with one attached hydrogen (secondary N) is 2. The molecule has 0 spiro atoms. The van der Waals surface area contributed by atoms with Crippen LogP contribution in [0.25, 0.3) is 0 Å². The van der Waals surface area contributed by atoms with Gasteiger partial charge in [0.15, 0.2) is 0 Å². The highest BCUT2D eigenvalue weighted by molar-refractivity contribution is 9.10. The molecule has 2 aromatic rings. The van der Waals surface area contributed by atoms with Gasteiger partial charge < -0.3 is 10.7 Å². The van der Waals surface area contributed by atoms with Crippen molar-refractivity contribution in [1.29, 1.82) is 0 Å². The molecule has 4 N–H and O–H groups in total. The smallest absolute Gasteiger partial charge is 0.148 e. The molecule has 0 unspecified atom stereocenters. The molecule has 0 radical (unpaired) electrons. The Kier molecular flexibility index (Phi) is 4.92. The molecule has 0 fully saturated rings. The Morgan fingerprint density at radius 2 is 1.80 bits per heavy atom. The van der Waals surface area contributed by atoms with Crippen molar-refractivity contribution < 1.29 is 0 Å². The number of rotatable bonds is 5. The first-order valence-electron chi connectivity index (χ1n) is 6.46. The molecular formula is C14H18BrN5. The molecule has 2 rings (SSSR count). The summed E-state index contributed by atoms with van der Waals surface area (Å²) >= 11 is 3.43. The monoisotopic (exact) mass is 335 g/mol. The second-order valence-corrected chi connectivity index (χ2v) is 5.36. The number of hydrazine groups is 1. The fraction of sp³-hybridized carbons (Fsp3) is 0.286. The van der Waals surface area contributed by atoms with Crippen LogP contribution in [0.1, 0.15) is 23.9 Å². The minimum atomic E-state index is 0.662. The maximum absolute atomic E-state index is 5.49. The standard InChI is InChI=1S/C14H18BrN5/c1-3-12-18-13(9(2)14(19-12)20-16)17-8-10-4-6-11(15)7-5-10/h4-7H,3,8,16H2,1-2H3,(H2,17,18,19,20). The fourth-order valence-corrected chi connectivity index (χ4v) is 2.09. The average molecular weight is 336 g/mol. The Bertz CT molecular complexity index is 583. The van der Waals surface area contributed by atoms with Gasteiger partial charge in [-0.15, -0.1) is 0 Å². The van der Waals surface area contributed by atoms with Crippen LogP contribution in [0.2, 0.25) is 0 Å². The Morgan fingerprint density at radius 3 is 2.40 bits per heavy atom. The van der Waals surface area contributed by atoms with Crippen molar-refractivity contribution in [3.63, 3.8) is 0 Å². The van der Waals surface area contributed by atoms with Gasteiger partial charge >= 0.3 is 0 Å². The van der Waals surface area contributed by atoms with Crippen molar-refractivity contribution in [1.82, 2.24) is 9.97 Å². The summed E-state index contributed by atoms with van der Waals surface area (Å²) in [6.07, 6.45) is 0.766. The average Bonchev–Trinajstić information content (AvgIpc) is 2.48. The van der Waals surface area contributed by atoms with Crippen LogP contribution in [0, 0.1) is 6.92 Å². The van der Waals surface area contributed by atoms with Crippen molar-refractivity contribution in [2.24, 2.45) is 5.84 Å². The minimum absolute atomic E-state index is 0.662. The number of nitrogens with zero attached hydrogens (tertiary/aromatic N) is 2. The number of benzene rings is 1. The second-order valence-electron chi connectivity index (χ2n) is 4.44. The zero-order valence-corrected chi connectivity index (χ0v) is 13.2. The van der Waals surface area contributed by atoms with Crippen LogP contribution < -0.4 is 16.6 Å². The molecule has 0 amide bonds. The highest BCUT2D eigenvalue weighted by atomic mass is 79.9. The summed E-state index contributed by atoms with van der Waals surface area (Å²) < 4.78 is 1.07. The van der Waals surface area contributed by atoms with Crippen LogP contribution in [-0.4, -0.2) is 9.97 Å². The molecule has 20 heavy (non-hydrogen) atoms. The van der Waals surface area contributed by atoms with E-state index in [9.17, 15) is 0 Å². The van der Waals surface area contributed by atoms with Gasteiger partial charge in [0.05, 0.1) is 0 Å². The van der Waals surface area contributed by atoms with E-state index in [2.05, 4.69) is 48.8 Å². The Balaban J connectivity index is 2.18. The van der Waals surface area contributed by atoms with Crippen LogP contribution >= 0.6 is 15.9 Å². The molecule has 106 valence electrons. The van der Waals surface area contributed by atoms with Crippen LogP contribution in [0.3, 0.4) is 0 Å². The van der Waals surface area contributed by atoms with Crippen molar-refractivity contribution in [3.05, 3.63) is 45.7 Å². The van der Waals surface area contributed by atoms with E-state index in [1.807, 2.05) is 26.0 Å². The number of nitrogens with two attached hydrogens (primary N) is 1. The van der Waals surface area contributed by atoms with Crippen LogP contribution in [0.5, 0.6) is 0 Å². The fourth-order valence-electron chi connectivity index (χ4n) is 1.82. The maximum atomic E-state index is 5.49. The van der Waals surface area contributed by atoms with Crippen molar-refractivity contribution in [2.45, 2.75) is 26.8 Å². The maximum Gasteiger partial charge on any atom is 0.148 e. The van der Waals surface area contributed by atoms with Gasteiger partial charge in [-0.05, 0) is 24.6 Å². The van der Waals surface area contributed by atoms with Gasteiger partial charge in [0.25, 0.3) is 0 Å². The Hall–Kier alpha value is -1.66. The highest BCUT2D eigenvalue weighted by Crippen LogP contribution is 2.20. The quantitative estimate of drug-likeness (QED) is 0.578. The molecule has 0 atom stereocenters. The normalized spacial score (nSPS) is 10.4. The lowest BCUT2D eigenvalue weighted by Gasteiger charge is -2.13. The molecule has 0 aliphatic carbocycles. The molecule has 1 heterocycles. The van der Waals surface area contributed by atoms with Crippen molar-refractivity contribution in [3.8, 4) is 0 Å². The lowest BCUT2D eigenvalue weighted by Crippen LogP contribution is -2.14. The van der Waals surface area contributed by atoms with Gasteiger partial charge in [-0.3, -0.25) is 0 Å². The van der Waals surface area contributed by atoms with Crippen LogP contribution in [-0.2, 0) is 13.0 Å². The summed E-state index contributed by atoms with van der Waals surface area (Å²) in [6.45, 7) is 4.67. The number of nitrogen functional groups attached to an aromatic ring is 1. The number of halogens is 1. The van der Waals surface area contributed by atoms with Gasteiger partial charge in [0.2, 0.25) is 0 Å². The van der Waals surface area contributed by atoms with E-state index in [1.54, 1.807) is 0 Å². The first kappa shape index (κ1) is 14.7. The molecule has 0 saturated heterocycles. The summed E-state index contributed by atoms with van der Waals surface area (Å²) in [5, 5.41) is 3.34. The molecule has 1 aromatic carbocycles. The van der Waals surface area contributed by atoms with Crippen molar-refractivity contribution in [2.75, 3.05) is 10.7 Å². The van der Waals surface area contributed by atoms with E-state index in [0.717, 1.165) is 28.1 Å². The Morgan fingerprint density at radius 1 is 1.15 bits per heavy atom. The molecule has 6 heteroatoms. The first-order valence-corrected chi connectivity index (χ1v) is 7.25. The van der Waals surface area contributed by atoms with Gasteiger partial charge in [-0.2, -0.15) is 0 Å². The minimum Gasteiger partial charge on any atom is -0.366 e. The van der Waals surface area contributed by atoms with E-state index in [-0.39, 0.29) is 0 Å². The lowest BCUT2D eigenvalue weighted by molar-refractivity contribution is 0.921. The van der Waals surface area contributed by atoms with E-state index in [1.165, 1.54) is 5.56 Å². The first-order chi connectivity index (χ1) is 9.63. The SMILES string of the molecule is CCc1nc(NN)c(C)c(NCc2ccc(Br)cc2)n1. The van der Waals surface area contributed by atoms with Crippen LogP contribution in [0.15, 0.2) is 28.7 Å². The highest BCUT2D eigenvalue weighted by Gasteiger charge is 2.09. The topological polar surface area (TPSA) is 75.9 Å². The van der Waals surface area contributed by atoms with Gasteiger partial charge in [0.1, 0.15) is 17.5 Å². The summed E-state index contributed by atoms with van der Waals surface area (Å²) in [5.41, 5.74) is 4.72. The van der Waals surface area contributed by atoms with Gasteiger partial charge in [-0.25, -0.2) is 15.8 Å². The third kappa shape index (κ3) is 3.46. The van der Waals surface area contributed by atoms with E-state index in [4.69, 9.17) is 5.84 Å². The molecule has 1 aromatic heterocycles. The summed E-state index contributed by atoms with van der Waals surface area (Å²) in [6, 6.07) is 8.18. The molecule has 0 saturated carbocycles. The third-order valence-corrected chi connectivity index (χ3v) is 3.55. The number of aryl methyl sites for hydroxylation is 1. The van der Waals surface area contributed by atoms with Gasteiger partial charge in [0, 0.05) is 23.0 Å². The predicted molar refractivity (Wildman–Crippen MR) is 85.4 cm³/mol. The second kappa shape index (κ2) is 6.67. The molecular weight excluding hydrogens is 318 g/mol. The zero-order chi connectivity index (χ0) is 14.5. The summed E-state index contributed by atoms with van der Waals surface area (Å²) in [4.78, 5) is 8.85. The number of aromatic nitrogens is 2. The van der Waals surface area contributed by atoms with E-state index >= 15 is 0 Å². The number of hydrogen-bond acceptors (Lipinski definition) is 5.